The summed E-state index contributed by atoms with van der Waals surface area (Å²) in [5.74, 6) is -2.54. The van der Waals surface area contributed by atoms with Crippen LogP contribution in [-0.2, 0) is 0 Å². The van der Waals surface area contributed by atoms with Gasteiger partial charge in [0.1, 0.15) is 0 Å². The van der Waals surface area contributed by atoms with Gasteiger partial charge in [-0.2, -0.15) is 8.78 Å². The summed E-state index contributed by atoms with van der Waals surface area (Å²) in [6.45, 7) is 5.49. The molecule has 0 spiro atoms. The first-order chi connectivity index (χ1) is 10.1. The van der Waals surface area contributed by atoms with Crippen molar-refractivity contribution in [3.05, 3.63) is 35.9 Å². The first-order valence-corrected chi connectivity index (χ1v) is 7.00. The molecule has 0 saturated carbocycles. The molecule has 0 radical (unpaired) electrons. The molecular formula is C16H21F3O2. The minimum atomic E-state index is -1.10. The minimum absolute atomic E-state index is 0.00790. The van der Waals surface area contributed by atoms with Crippen molar-refractivity contribution < 1.29 is 22.6 Å². The first-order valence-electron chi connectivity index (χ1n) is 7.00. The highest BCUT2D eigenvalue weighted by Crippen LogP contribution is 2.27. The van der Waals surface area contributed by atoms with Gasteiger partial charge in [0.25, 0.3) is 0 Å². The lowest BCUT2D eigenvalue weighted by Gasteiger charge is -2.11. The van der Waals surface area contributed by atoms with E-state index in [4.69, 9.17) is 9.47 Å². The monoisotopic (exact) mass is 302 g/mol. The second kappa shape index (κ2) is 9.32. The quantitative estimate of drug-likeness (QED) is 0.455. The van der Waals surface area contributed by atoms with Crippen LogP contribution in [0.4, 0.5) is 13.2 Å². The topological polar surface area (TPSA) is 18.5 Å². The number of rotatable bonds is 10. The molecule has 0 fully saturated rings. The highest BCUT2D eigenvalue weighted by Gasteiger charge is 2.15. The summed E-state index contributed by atoms with van der Waals surface area (Å²) in [4.78, 5) is 0. The molecule has 0 N–H and O–H groups in total. The molecule has 0 saturated heterocycles. The van der Waals surface area contributed by atoms with Gasteiger partial charge in [-0.3, -0.25) is 4.39 Å². The van der Waals surface area contributed by atoms with Gasteiger partial charge in [0.05, 0.1) is 19.9 Å². The van der Waals surface area contributed by atoms with Gasteiger partial charge in [0.2, 0.25) is 11.6 Å². The Labute approximate surface area is 123 Å². The lowest BCUT2D eigenvalue weighted by Crippen LogP contribution is -2.04. The van der Waals surface area contributed by atoms with Crippen LogP contribution in [-0.4, -0.2) is 19.9 Å². The molecule has 1 aromatic carbocycles. The second-order valence-corrected chi connectivity index (χ2v) is 4.84. The molecule has 0 aliphatic rings. The highest BCUT2D eigenvalue weighted by molar-refractivity contribution is 5.35. The second-order valence-electron chi connectivity index (χ2n) is 4.84. The van der Waals surface area contributed by atoms with Gasteiger partial charge < -0.3 is 9.47 Å². The fourth-order valence-electron chi connectivity index (χ4n) is 1.68. The molecule has 0 aliphatic heterocycles. The van der Waals surface area contributed by atoms with Crippen molar-refractivity contribution in [3.63, 3.8) is 0 Å². The summed E-state index contributed by atoms with van der Waals surface area (Å²) >= 11 is 0. The van der Waals surface area contributed by atoms with E-state index in [-0.39, 0.29) is 24.5 Å². The average molecular weight is 302 g/mol. The van der Waals surface area contributed by atoms with Crippen molar-refractivity contribution in [2.45, 2.75) is 32.6 Å². The zero-order chi connectivity index (χ0) is 15.7. The van der Waals surface area contributed by atoms with Crippen molar-refractivity contribution in [2.24, 2.45) is 0 Å². The fourth-order valence-corrected chi connectivity index (χ4v) is 1.68. The Balaban J connectivity index is 2.48. The molecule has 0 aliphatic carbocycles. The van der Waals surface area contributed by atoms with Crippen molar-refractivity contribution >= 4 is 0 Å². The van der Waals surface area contributed by atoms with Crippen LogP contribution in [0.25, 0.3) is 0 Å². The molecule has 5 heteroatoms. The molecule has 118 valence electrons. The highest BCUT2D eigenvalue weighted by atomic mass is 19.2. The molecule has 0 atom stereocenters. The molecular weight excluding hydrogens is 281 g/mol. The van der Waals surface area contributed by atoms with E-state index in [1.807, 2.05) is 6.92 Å². The van der Waals surface area contributed by atoms with Crippen molar-refractivity contribution in [3.8, 4) is 11.5 Å². The number of alkyl halides is 1. The largest absolute Gasteiger partial charge is 0.490 e. The average Bonchev–Trinajstić information content (AvgIpc) is 2.45. The lowest BCUT2D eigenvalue weighted by molar-refractivity contribution is 0.261. The van der Waals surface area contributed by atoms with E-state index in [0.717, 1.165) is 24.8 Å². The van der Waals surface area contributed by atoms with E-state index in [1.165, 1.54) is 12.1 Å². The van der Waals surface area contributed by atoms with Gasteiger partial charge in [-0.1, -0.05) is 5.57 Å². The van der Waals surface area contributed by atoms with Crippen LogP contribution in [0.5, 0.6) is 11.5 Å². The van der Waals surface area contributed by atoms with E-state index < -0.39 is 18.3 Å². The third-order valence-electron chi connectivity index (χ3n) is 2.80. The van der Waals surface area contributed by atoms with Crippen LogP contribution in [0, 0.1) is 11.6 Å². The van der Waals surface area contributed by atoms with Crippen molar-refractivity contribution in [1.82, 2.24) is 0 Å². The van der Waals surface area contributed by atoms with Gasteiger partial charge in [-0.25, -0.2) is 0 Å². The maximum Gasteiger partial charge on any atom is 0.204 e. The van der Waals surface area contributed by atoms with Crippen LogP contribution in [0.3, 0.4) is 0 Å². The Morgan fingerprint density at radius 2 is 1.52 bits per heavy atom. The summed E-state index contributed by atoms with van der Waals surface area (Å²) in [6.07, 6.45) is 2.66. The molecule has 1 rings (SSSR count). The van der Waals surface area contributed by atoms with E-state index in [1.54, 1.807) is 0 Å². The van der Waals surface area contributed by atoms with Gasteiger partial charge in [0, 0.05) is 6.42 Å². The van der Waals surface area contributed by atoms with Crippen LogP contribution in [0.2, 0.25) is 0 Å². The Bertz CT molecular complexity index is 461. The maximum atomic E-state index is 13.7. The summed E-state index contributed by atoms with van der Waals surface area (Å²) < 4.78 is 49.5. The van der Waals surface area contributed by atoms with Crippen LogP contribution >= 0.6 is 0 Å². The zero-order valence-corrected chi connectivity index (χ0v) is 12.3. The normalized spacial score (nSPS) is 10.5. The summed E-state index contributed by atoms with van der Waals surface area (Å²) in [5.41, 5.74) is 1.09. The van der Waals surface area contributed by atoms with E-state index in [9.17, 15) is 13.2 Å². The minimum Gasteiger partial charge on any atom is -0.490 e. The van der Waals surface area contributed by atoms with Gasteiger partial charge in [0.15, 0.2) is 11.5 Å². The summed E-state index contributed by atoms with van der Waals surface area (Å²) in [6, 6.07) is 2.61. The van der Waals surface area contributed by atoms with Crippen LogP contribution < -0.4 is 9.47 Å². The number of ether oxygens (including phenoxy) is 2. The van der Waals surface area contributed by atoms with Crippen LogP contribution in [0.15, 0.2) is 24.3 Å². The Morgan fingerprint density at radius 3 is 2.00 bits per heavy atom. The number of halogens is 3. The third kappa shape index (κ3) is 6.10. The van der Waals surface area contributed by atoms with Gasteiger partial charge >= 0.3 is 0 Å². The van der Waals surface area contributed by atoms with Gasteiger partial charge in [-0.05, 0) is 38.3 Å². The Hall–Kier alpha value is -1.65. The third-order valence-corrected chi connectivity index (χ3v) is 2.80. The summed E-state index contributed by atoms with van der Waals surface area (Å²) in [7, 11) is 0. The molecule has 2 nitrogen and oxygen atoms in total. The molecule has 21 heavy (non-hydrogen) atoms. The zero-order valence-electron chi connectivity index (χ0n) is 12.3. The number of allylic oxidation sites excluding steroid dienone is 1. The SMILES string of the molecule is C=C(C)CCCCOc1ccc(OCCCF)c(F)c1F. The van der Waals surface area contributed by atoms with Crippen LogP contribution in [0.1, 0.15) is 32.6 Å². The van der Waals surface area contributed by atoms with Crippen molar-refractivity contribution in [1.29, 1.82) is 0 Å². The fraction of sp³-hybridized carbons (Fsp3) is 0.500. The number of hydrogen-bond donors (Lipinski definition) is 0. The molecule has 1 aromatic rings. The number of benzene rings is 1. The molecule has 0 aromatic heterocycles. The lowest BCUT2D eigenvalue weighted by atomic mass is 10.1. The standard InChI is InChI=1S/C16H21F3O2/c1-12(2)6-3-4-10-20-13-7-8-14(16(19)15(13)18)21-11-5-9-17/h7-8H,1,3-6,9-11H2,2H3. The predicted molar refractivity (Wildman–Crippen MR) is 76.6 cm³/mol. The van der Waals surface area contributed by atoms with Gasteiger partial charge in [-0.15, -0.1) is 6.58 Å². The Morgan fingerprint density at radius 1 is 1.00 bits per heavy atom. The number of hydrogen-bond acceptors (Lipinski definition) is 2. The summed E-state index contributed by atoms with van der Waals surface area (Å²) in [5, 5.41) is 0. The van der Waals surface area contributed by atoms with E-state index >= 15 is 0 Å². The van der Waals surface area contributed by atoms with E-state index in [0.29, 0.717) is 6.61 Å². The number of unbranched alkanes of at least 4 members (excludes halogenated alkanes) is 1. The van der Waals surface area contributed by atoms with Crippen molar-refractivity contribution in [2.75, 3.05) is 19.9 Å². The smallest absolute Gasteiger partial charge is 0.204 e. The predicted octanol–water partition coefficient (Wildman–Crippen LogP) is 4.83. The molecule has 0 heterocycles. The first kappa shape index (κ1) is 17.4. The molecule has 0 unspecified atom stereocenters. The Kier molecular flexibility index (Phi) is 7.72. The molecule has 0 amide bonds. The maximum absolute atomic E-state index is 13.7. The van der Waals surface area contributed by atoms with E-state index in [2.05, 4.69) is 6.58 Å². The molecule has 0 bridgehead atoms.